The molecule has 1 aromatic carbocycles. The molecule has 2 aromatic rings. The summed E-state index contributed by atoms with van der Waals surface area (Å²) in [6.07, 6.45) is 1.29. The van der Waals surface area contributed by atoms with Gasteiger partial charge in [-0.3, -0.25) is 4.79 Å². The van der Waals surface area contributed by atoms with Crippen molar-refractivity contribution in [2.75, 3.05) is 5.32 Å². The van der Waals surface area contributed by atoms with Gasteiger partial charge < -0.3 is 10.4 Å². The minimum absolute atomic E-state index is 0.0446. The number of carboxylic acid groups (broad SMARTS) is 1. The summed E-state index contributed by atoms with van der Waals surface area (Å²) in [6.45, 7) is 1.24. The second kappa shape index (κ2) is 6.90. The SMILES string of the molecule is C[C@H](NS(=O)(=O)c1ccc(Nc2cc(Cl)ncn2)cc1)C(=O)O. The quantitative estimate of drug-likeness (QED) is 0.672. The molecule has 0 aliphatic carbocycles. The Bertz CT molecular complexity index is 811. The monoisotopic (exact) mass is 356 g/mol. The zero-order valence-electron chi connectivity index (χ0n) is 11.9. The summed E-state index contributed by atoms with van der Waals surface area (Å²) in [7, 11) is -3.91. The number of benzene rings is 1. The number of carbonyl (C=O) groups is 1. The third-order valence-electron chi connectivity index (χ3n) is 2.77. The standard InChI is InChI=1S/C13H13ClN4O4S/c1-8(13(19)20)18-23(21,22)10-4-2-9(3-5-10)17-12-6-11(14)15-7-16-12/h2-8,18H,1H3,(H,19,20)(H,15,16,17)/t8-/m0/s1. The molecule has 2 rings (SSSR count). The summed E-state index contributed by atoms with van der Waals surface area (Å²) in [5.74, 6) is -0.800. The third kappa shape index (κ3) is 4.62. The van der Waals surface area contributed by atoms with Gasteiger partial charge in [-0.2, -0.15) is 4.72 Å². The van der Waals surface area contributed by atoms with Crippen LogP contribution in [-0.2, 0) is 14.8 Å². The molecule has 10 heteroatoms. The van der Waals surface area contributed by atoms with Crippen LogP contribution >= 0.6 is 11.6 Å². The van der Waals surface area contributed by atoms with Crippen LogP contribution in [0.1, 0.15) is 6.92 Å². The molecule has 0 saturated heterocycles. The van der Waals surface area contributed by atoms with Gasteiger partial charge in [0.2, 0.25) is 10.0 Å². The molecule has 0 aliphatic heterocycles. The third-order valence-corrected chi connectivity index (χ3v) is 4.54. The molecular formula is C13H13ClN4O4S. The van der Waals surface area contributed by atoms with Crippen molar-refractivity contribution in [1.82, 2.24) is 14.7 Å². The number of sulfonamides is 1. The number of aromatic nitrogens is 2. The molecule has 0 aliphatic rings. The highest BCUT2D eigenvalue weighted by Crippen LogP contribution is 2.19. The van der Waals surface area contributed by atoms with Crippen LogP contribution in [0.25, 0.3) is 0 Å². The molecule has 23 heavy (non-hydrogen) atoms. The smallest absolute Gasteiger partial charge is 0.321 e. The lowest BCUT2D eigenvalue weighted by molar-refractivity contribution is -0.138. The second-order valence-corrected chi connectivity index (χ2v) is 6.66. The van der Waals surface area contributed by atoms with Gasteiger partial charge in [-0.1, -0.05) is 11.6 Å². The van der Waals surface area contributed by atoms with E-state index in [2.05, 4.69) is 20.0 Å². The Morgan fingerprint density at radius 3 is 2.48 bits per heavy atom. The van der Waals surface area contributed by atoms with E-state index < -0.39 is 22.0 Å². The fraction of sp³-hybridized carbons (Fsp3) is 0.154. The van der Waals surface area contributed by atoms with E-state index in [1.54, 1.807) is 0 Å². The van der Waals surface area contributed by atoms with Crippen LogP contribution in [0.4, 0.5) is 11.5 Å². The lowest BCUT2D eigenvalue weighted by atomic mass is 10.3. The Morgan fingerprint density at radius 1 is 1.26 bits per heavy atom. The van der Waals surface area contributed by atoms with E-state index in [4.69, 9.17) is 16.7 Å². The minimum Gasteiger partial charge on any atom is -0.480 e. The first-order valence-corrected chi connectivity index (χ1v) is 8.24. The molecule has 0 bridgehead atoms. The number of hydrogen-bond donors (Lipinski definition) is 3. The zero-order chi connectivity index (χ0) is 17.0. The van der Waals surface area contributed by atoms with Gasteiger partial charge in [-0.05, 0) is 31.2 Å². The van der Waals surface area contributed by atoms with Gasteiger partial charge in [0.15, 0.2) is 0 Å². The number of carboxylic acids is 1. The van der Waals surface area contributed by atoms with Crippen molar-refractivity contribution in [3.05, 3.63) is 41.8 Å². The van der Waals surface area contributed by atoms with Gasteiger partial charge in [0.05, 0.1) is 4.90 Å². The highest BCUT2D eigenvalue weighted by Gasteiger charge is 2.21. The molecule has 1 heterocycles. The number of nitrogens with one attached hydrogen (secondary N) is 2. The largest absolute Gasteiger partial charge is 0.480 e. The average Bonchev–Trinajstić information content (AvgIpc) is 2.47. The first-order chi connectivity index (χ1) is 10.8. The van der Waals surface area contributed by atoms with E-state index in [0.717, 1.165) is 0 Å². The molecule has 3 N–H and O–H groups in total. The van der Waals surface area contributed by atoms with E-state index in [0.29, 0.717) is 11.5 Å². The molecule has 0 fully saturated rings. The summed E-state index contributed by atoms with van der Waals surface area (Å²) in [6, 6.07) is 6.04. The molecule has 1 atom stereocenters. The molecule has 0 saturated carbocycles. The van der Waals surface area contributed by atoms with Crippen LogP contribution in [0.2, 0.25) is 5.15 Å². The first kappa shape index (κ1) is 17.1. The van der Waals surface area contributed by atoms with Crippen LogP contribution in [0, 0.1) is 0 Å². The maximum atomic E-state index is 12.0. The number of halogens is 1. The van der Waals surface area contributed by atoms with Gasteiger partial charge in [-0.15, -0.1) is 0 Å². The summed E-state index contributed by atoms with van der Waals surface area (Å²) in [4.78, 5) is 18.4. The Labute approximate surface area is 137 Å². The van der Waals surface area contributed by atoms with Crippen LogP contribution in [0.5, 0.6) is 0 Å². The topological polar surface area (TPSA) is 121 Å². The Kier molecular flexibility index (Phi) is 5.14. The van der Waals surface area contributed by atoms with E-state index in [1.165, 1.54) is 43.6 Å². The van der Waals surface area contributed by atoms with Gasteiger partial charge >= 0.3 is 5.97 Å². The predicted octanol–water partition coefficient (Wildman–Crippen LogP) is 1.62. The Morgan fingerprint density at radius 2 is 1.91 bits per heavy atom. The average molecular weight is 357 g/mol. The molecule has 8 nitrogen and oxygen atoms in total. The predicted molar refractivity (Wildman–Crippen MR) is 84.2 cm³/mol. The maximum Gasteiger partial charge on any atom is 0.321 e. The van der Waals surface area contributed by atoms with Crippen LogP contribution in [0.15, 0.2) is 41.6 Å². The van der Waals surface area contributed by atoms with Gasteiger partial charge in [-0.25, -0.2) is 18.4 Å². The second-order valence-electron chi connectivity index (χ2n) is 4.56. The van der Waals surface area contributed by atoms with Crippen molar-refractivity contribution in [3.63, 3.8) is 0 Å². The number of nitrogens with zero attached hydrogens (tertiary/aromatic N) is 2. The number of aliphatic carboxylic acids is 1. The van der Waals surface area contributed by atoms with Crippen molar-refractivity contribution < 1.29 is 18.3 Å². The van der Waals surface area contributed by atoms with Crippen LogP contribution in [0.3, 0.4) is 0 Å². The van der Waals surface area contributed by atoms with Crippen molar-refractivity contribution in [2.45, 2.75) is 17.9 Å². The van der Waals surface area contributed by atoms with Gasteiger partial charge in [0, 0.05) is 11.8 Å². The zero-order valence-corrected chi connectivity index (χ0v) is 13.5. The summed E-state index contributed by atoms with van der Waals surface area (Å²) in [5.41, 5.74) is 0.588. The molecule has 0 amide bonds. The summed E-state index contributed by atoms with van der Waals surface area (Å²) in [5, 5.41) is 12.0. The fourth-order valence-corrected chi connectivity index (χ4v) is 2.96. The Hall–Kier alpha value is -2.23. The van der Waals surface area contributed by atoms with Crippen molar-refractivity contribution in [3.8, 4) is 0 Å². The summed E-state index contributed by atoms with van der Waals surface area (Å²) >= 11 is 5.74. The summed E-state index contributed by atoms with van der Waals surface area (Å²) < 4.78 is 26.1. The highest BCUT2D eigenvalue weighted by molar-refractivity contribution is 7.89. The van der Waals surface area contributed by atoms with E-state index in [9.17, 15) is 13.2 Å². The molecule has 0 radical (unpaired) electrons. The first-order valence-electron chi connectivity index (χ1n) is 6.38. The van der Waals surface area contributed by atoms with Crippen molar-refractivity contribution in [1.29, 1.82) is 0 Å². The van der Waals surface area contributed by atoms with Gasteiger partial charge in [0.1, 0.15) is 23.3 Å². The molecule has 0 spiro atoms. The normalized spacial score (nSPS) is 12.6. The van der Waals surface area contributed by atoms with E-state index >= 15 is 0 Å². The maximum absolute atomic E-state index is 12.0. The number of anilines is 2. The van der Waals surface area contributed by atoms with Crippen molar-refractivity contribution >= 4 is 39.1 Å². The molecule has 122 valence electrons. The van der Waals surface area contributed by atoms with E-state index in [1.807, 2.05) is 0 Å². The van der Waals surface area contributed by atoms with Gasteiger partial charge in [0.25, 0.3) is 0 Å². The molecular weight excluding hydrogens is 344 g/mol. The Balaban J connectivity index is 2.14. The lowest BCUT2D eigenvalue weighted by Crippen LogP contribution is -2.38. The lowest BCUT2D eigenvalue weighted by Gasteiger charge is -2.11. The van der Waals surface area contributed by atoms with Crippen molar-refractivity contribution in [2.24, 2.45) is 0 Å². The number of hydrogen-bond acceptors (Lipinski definition) is 6. The number of rotatable bonds is 6. The van der Waals surface area contributed by atoms with Crippen LogP contribution in [-0.4, -0.2) is 35.5 Å². The highest BCUT2D eigenvalue weighted by atomic mass is 35.5. The van der Waals surface area contributed by atoms with E-state index in [-0.39, 0.29) is 10.0 Å². The van der Waals surface area contributed by atoms with Crippen LogP contribution < -0.4 is 10.0 Å². The molecule has 1 aromatic heterocycles. The fourth-order valence-electron chi connectivity index (χ4n) is 1.62. The minimum atomic E-state index is -3.91. The molecule has 0 unspecified atom stereocenters.